The van der Waals surface area contributed by atoms with Crippen molar-refractivity contribution in [1.29, 1.82) is 0 Å². The monoisotopic (exact) mass is 460 g/mol. The van der Waals surface area contributed by atoms with E-state index in [1.54, 1.807) is 18.2 Å². The third-order valence-electron chi connectivity index (χ3n) is 4.47. The highest BCUT2D eigenvalue weighted by Crippen LogP contribution is 2.24. The van der Waals surface area contributed by atoms with Gasteiger partial charge in [-0.15, -0.1) is 0 Å². The van der Waals surface area contributed by atoms with Crippen LogP contribution in [0.3, 0.4) is 0 Å². The fourth-order valence-corrected chi connectivity index (χ4v) is 3.28. The molecule has 6 nitrogen and oxygen atoms in total. The van der Waals surface area contributed by atoms with Crippen molar-refractivity contribution in [3.8, 4) is 28.1 Å². The van der Waals surface area contributed by atoms with E-state index in [2.05, 4.69) is 48.8 Å². The second-order valence-corrected chi connectivity index (χ2v) is 7.43. The van der Waals surface area contributed by atoms with E-state index in [1.165, 1.54) is 12.3 Å². The molecule has 1 aromatic heterocycles. The Hall–Kier alpha value is -3.71. The predicted molar refractivity (Wildman–Crippen MR) is 120 cm³/mol. The molecular weight excluding hydrogens is 444 g/mol. The molecule has 0 aliphatic rings. The summed E-state index contributed by atoms with van der Waals surface area (Å²) in [4.78, 5) is 12.3. The van der Waals surface area contributed by atoms with Gasteiger partial charge in [0.1, 0.15) is 11.4 Å². The number of benzene rings is 3. The Morgan fingerprint density at radius 1 is 0.967 bits per heavy atom. The normalized spacial score (nSPS) is 11.0. The van der Waals surface area contributed by atoms with Crippen molar-refractivity contribution in [3.63, 3.8) is 0 Å². The molecule has 0 unspecified atom stereocenters. The highest BCUT2D eigenvalue weighted by atomic mass is 79.9. The molecule has 0 spiro atoms. The summed E-state index contributed by atoms with van der Waals surface area (Å²) in [6.45, 7) is 0. The van der Waals surface area contributed by atoms with Gasteiger partial charge >= 0.3 is 0 Å². The molecule has 0 saturated carbocycles. The SMILES string of the molecule is O=C(N/N=C/c1cc(Br)ccc1O)c1cc(-c2ccc(-c3ccccc3)cc2)n[nH]1. The minimum absolute atomic E-state index is 0.0685. The van der Waals surface area contributed by atoms with Crippen LogP contribution in [-0.2, 0) is 0 Å². The molecule has 4 aromatic rings. The van der Waals surface area contributed by atoms with E-state index in [4.69, 9.17) is 0 Å². The maximum Gasteiger partial charge on any atom is 0.289 e. The van der Waals surface area contributed by atoms with Gasteiger partial charge in [0.25, 0.3) is 5.91 Å². The average Bonchev–Trinajstić information content (AvgIpc) is 3.27. The number of carbonyl (C=O) groups is 1. The predicted octanol–water partition coefficient (Wildman–Crippen LogP) is 4.98. The lowest BCUT2D eigenvalue weighted by molar-refractivity contribution is 0.0950. The maximum atomic E-state index is 12.3. The number of H-pyrrole nitrogens is 1. The molecule has 0 saturated heterocycles. The van der Waals surface area contributed by atoms with Crippen molar-refractivity contribution < 1.29 is 9.90 Å². The van der Waals surface area contributed by atoms with Gasteiger partial charge in [0.15, 0.2) is 0 Å². The van der Waals surface area contributed by atoms with Gasteiger partial charge in [0, 0.05) is 15.6 Å². The largest absolute Gasteiger partial charge is 0.507 e. The molecule has 0 aliphatic heterocycles. The van der Waals surface area contributed by atoms with Crippen molar-refractivity contribution in [2.45, 2.75) is 0 Å². The smallest absolute Gasteiger partial charge is 0.289 e. The van der Waals surface area contributed by atoms with Crippen molar-refractivity contribution in [2.75, 3.05) is 0 Å². The first-order chi connectivity index (χ1) is 14.6. The van der Waals surface area contributed by atoms with E-state index in [0.717, 1.165) is 21.2 Å². The molecule has 0 bridgehead atoms. The van der Waals surface area contributed by atoms with Gasteiger partial charge < -0.3 is 5.11 Å². The van der Waals surface area contributed by atoms with E-state index in [1.807, 2.05) is 42.5 Å². The van der Waals surface area contributed by atoms with E-state index in [9.17, 15) is 9.90 Å². The minimum Gasteiger partial charge on any atom is -0.507 e. The van der Waals surface area contributed by atoms with Gasteiger partial charge in [-0.25, -0.2) is 5.43 Å². The highest BCUT2D eigenvalue weighted by Gasteiger charge is 2.11. The zero-order valence-electron chi connectivity index (χ0n) is 15.7. The number of halogens is 1. The van der Waals surface area contributed by atoms with Crippen LogP contribution in [0, 0.1) is 0 Å². The highest BCUT2D eigenvalue weighted by molar-refractivity contribution is 9.10. The van der Waals surface area contributed by atoms with Crippen molar-refractivity contribution in [1.82, 2.24) is 15.6 Å². The number of hydrogen-bond acceptors (Lipinski definition) is 4. The molecule has 7 heteroatoms. The number of hydrogen-bond donors (Lipinski definition) is 3. The third kappa shape index (κ3) is 4.47. The van der Waals surface area contributed by atoms with Crippen LogP contribution in [0.15, 0.2) is 88.4 Å². The number of rotatable bonds is 5. The Balaban J connectivity index is 1.44. The van der Waals surface area contributed by atoms with E-state index < -0.39 is 5.91 Å². The number of aromatic nitrogens is 2. The zero-order chi connectivity index (χ0) is 20.9. The number of amides is 1. The Morgan fingerprint density at radius 3 is 2.43 bits per heavy atom. The van der Waals surface area contributed by atoms with Crippen LogP contribution in [0.1, 0.15) is 16.1 Å². The Bertz CT molecular complexity index is 1200. The van der Waals surface area contributed by atoms with Gasteiger partial charge in [-0.2, -0.15) is 10.2 Å². The Morgan fingerprint density at radius 2 is 1.67 bits per heavy atom. The summed E-state index contributed by atoms with van der Waals surface area (Å²) in [5, 5.41) is 20.6. The molecule has 4 rings (SSSR count). The van der Waals surface area contributed by atoms with Crippen LogP contribution < -0.4 is 5.43 Å². The first kappa shape index (κ1) is 19.6. The standard InChI is InChI=1S/C23H17BrN4O2/c24-19-10-11-22(29)18(12-19)14-25-28-23(30)21-13-20(26-27-21)17-8-6-16(7-9-17)15-4-2-1-3-5-15/h1-14,29H,(H,26,27)(H,28,30)/b25-14+. The van der Waals surface area contributed by atoms with Crippen molar-refractivity contribution in [3.05, 3.63) is 94.6 Å². The van der Waals surface area contributed by atoms with Crippen LogP contribution in [-0.4, -0.2) is 27.4 Å². The Labute approximate surface area is 181 Å². The second-order valence-electron chi connectivity index (χ2n) is 6.51. The topological polar surface area (TPSA) is 90.4 Å². The summed E-state index contributed by atoms with van der Waals surface area (Å²) < 4.78 is 0.796. The Kier molecular flexibility index (Phi) is 5.72. The zero-order valence-corrected chi connectivity index (χ0v) is 17.3. The summed E-state index contributed by atoms with van der Waals surface area (Å²) in [5.74, 6) is -0.362. The lowest BCUT2D eigenvalue weighted by Crippen LogP contribution is -2.18. The number of phenols is 1. The lowest BCUT2D eigenvalue weighted by Gasteiger charge is -2.02. The number of aromatic amines is 1. The van der Waals surface area contributed by atoms with Crippen LogP contribution in [0.25, 0.3) is 22.4 Å². The summed E-state index contributed by atoms with van der Waals surface area (Å²) in [6, 6.07) is 24.7. The van der Waals surface area contributed by atoms with Gasteiger partial charge in [-0.05, 0) is 35.4 Å². The average molecular weight is 461 g/mol. The van der Waals surface area contributed by atoms with Gasteiger partial charge in [-0.1, -0.05) is 70.5 Å². The molecule has 3 aromatic carbocycles. The number of nitrogens with zero attached hydrogens (tertiary/aromatic N) is 2. The first-order valence-electron chi connectivity index (χ1n) is 9.13. The lowest BCUT2D eigenvalue weighted by atomic mass is 10.0. The van der Waals surface area contributed by atoms with Crippen molar-refractivity contribution >= 4 is 28.1 Å². The molecule has 0 atom stereocenters. The maximum absolute atomic E-state index is 12.3. The molecule has 0 fully saturated rings. The summed E-state index contributed by atoms with van der Waals surface area (Å²) in [5.41, 5.74) is 6.99. The molecule has 1 amide bonds. The second kappa shape index (κ2) is 8.75. The number of carbonyl (C=O) groups excluding carboxylic acids is 1. The van der Waals surface area contributed by atoms with E-state index in [-0.39, 0.29) is 11.4 Å². The molecule has 1 heterocycles. The third-order valence-corrected chi connectivity index (χ3v) is 4.96. The molecule has 0 radical (unpaired) electrons. The molecule has 148 valence electrons. The summed E-state index contributed by atoms with van der Waals surface area (Å²) >= 11 is 3.32. The van der Waals surface area contributed by atoms with Crippen LogP contribution in [0.4, 0.5) is 0 Å². The minimum atomic E-state index is -0.430. The quantitative estimate of drug-likeness (QED) is 0.289. The number of hydrazone groups is 1. The van der Waals surface area contributed by atoms with E-state index >= 15 is 0 Å². The van der Waals surface area contributed by atoms with Crippen LogP contribution in [0.5, 0.6) is 5.75 Å². The van der Waals surface area contributed by atoms with Gasteiger partial charge in [0.2, 0.25) is 0 Å². The van der Waals surface area contributed by atoms with Gasteiger partial charge in [-0.3, -0.25) is 9.89 Å². The number of phenolic OH excluding ortho intramolecular Hbond substituents is 1. The summed E-state index contributed by atoms with van der Waals surface area (Å²) in [7, 11) is 0. The van der Waals surface area contributed by atoms with Gasteiger partial charge in [0.05, 0.1) is 11.9 Å². The van der Waals surface area contributed by atoms with E-state index in [0.29, 0.717) is 11.3 Å². The molecular formula is C23H17BrN4O2. The number of aromatic hydroxyl groups is 1. The molecule has 30 heavy (non-hydrogen) atoms. The van der Waals surface area contributed by atoms with Crippen LogP contribution in [0.2, 0.25) is 0 Å². The fraction of sp³-hybridized carbons (Fsp3) is 0. The molecule has 3 N–H and O–H groups in total. The van der Waals surface area contributed by atoms with Crippen LogP contribution >= 0.6 is 15.9 Å². The number of nitrogens with one attached hydrogen (secondary N) is 2. The fourth-order valence-electron chi connectivity index (χ4n) is 2.90. The van der Waals surface area contributed by atoms with Crippen molar-refractivity contribution in [2.24, 2.45) is 5.10 Å². The summed E-state index contributed by atoms with van der Waals surface area (Å²) in [6.07, 6.45) is 1.37. The first-order valence-corrected chi connectivity index (χ1v) is 9.92. The molecule has 0 aliphatic carbocycles.